The first-order chi connectivity index (χ1) is 11.7. The van der Waals surface area contributed by atoms with Crippen molar-refractivity contribution in [3.63, 3.8) is 0 Å². The van der Waals surface area contributed by atoms with Crippen LogP contribution in [0.3, 0.4) is 0 Å². The summed E-state index contributed by atoms with van der Waals surface area (Å²) in [6.07, 6.45) is 5.67. The molecule has 3 atom stereocenters. The molecule has 2 aromatic rings. The Hall–Kier alpha value is -2.73. The zero-order valence-electron chi connectivity index (χ0n) is 14.0. The minimum absolute atomic E-state index is 0.239. The van der Waals surface area contributed by atoms with Crippen LogP contribution in [0.2, 0.25) is 0 Å². The Labute approximate surface area is 143 Å². The topological polar surface area (TPSA) is 39.1 Å². The van der Waals surface area contributed by atoms with E-state index in [4.69, 9.17) is 0 Å². The third kappa shape index (κ3) is 2.27. The molecule has 3 nitrogen and oxygen atoms in total. The second kappa shape index (κ2) is 5.72. The smallest absolute Gasteiger partial charge is 0.101 e. The van der Waals surface area contributed by atoms with E-state index in [9.17, 15) is 5.26 Å². The van der Waals surface area contributed by atoms with E-state index in [2.05, 4.69) is 72.9 Å². The maximum atomic E-state index is 9.47. The average molecular weight is 315 g/mol. The lowest BCUT2D eigenvalue weighted by Gasteiger charge is -2.38. The summed E-state index contributed by atoms with van der Waals surface area (Å²) in [6, 6.07) is 17.4. The van der Waals surface area contributed by atoms with Gasteiger partial charge in [0.15, 0.2) is 0 Å². The van der Waals surface area contributed by atoms with Gasteiger partial charge in [-0.05, 0) is 41.7 Å². The lowest BCUT2D eigenvalue weighted by Crippen LogP contribution is -2.29. The highest BCUT2D eigenvalue weighted by Crippen LogP contribution is 2.50. The van der Waals surface area contributed by atoms with E-state index in [0.29, 0.717) is 11.8 Å². The number of hydrogen-bond donors (Lipinski definition) is 1. The van der Waals surface area contributed by atoms with Crippen molar-refractivity contribution >= 4 is 11.4 Å². The number of nitrogens with one attached hydrogen (secondary N) is 1. The number of rotatable bonds is 2. The lowest BCUT2D eigenvalue weighted by atomic mass is 9.76. The third-order valence-corrected chi connectivity index (χ3v) is 5.29. The summed E-state index contributed by atoms with van der Waals surface area (Å²) in [4.78, 5) is 2.11. The quantitative estimate of drug-likeness (QED) is 0.832. The molecule has 0 saturated carbocycles. The minimum Gasteiger partial charge on any atom is -0.378 e. The van der Waals surface area contributed by atoms with Gasteiger partial charge < -0.3 is 10.2 Å². The minimum atomic E-state index is 0.239. The first-order valence-electron chi connectivity index (χ1n) is 8.42. The van der Waals surface area contributed by atoms with E-state index < -0.39 is 0 Å². The van der Waals surface area contributed by atoms with Crippen LogP contribution in [0.5, 0.6) is 0 Å². The van der Waals surface area contributed by atoms with Crippen molar-refractivity contribution in [2.75, 3.05) is 24.3 Å². The van der Waals surface area contributed by atoms with Crippen LogP contribution in [0.4, 0.5) is 11.4 Å². The molecule has 1 aliphatic carbocycles. The Morgan fingerprint density at radius 3 is 2.62 bits per heavy atom. The molecule has 0 saturated heterocycles. The van der Waals surface area contributed by atoms with Gasteiger partial charge in [-0.1, -0.05) is 36.4 Å². The number of nitrogens with zero attached hydrogens (tertiary/aromatic N) is 2. The van der Waals surface area contributed by atoms with Crippen molar-refractivity contribution in [2.45, 2.75) is 18.4 Å². The molecule has 1 heterocycles. The van der Waals surface area contributed by atoms with E-state index in [1.807, 2.05) is 12.1 Å². The van der Waals surface area contributed by atoms with E-state index in [0.717, 1.165) is 17.7 Å². The summed E-state index contributed by atoms with van der Waals surface area (Å²) in [5.74, 6) is 0.907. The van der Waals surface area contributed by atoms with Gasteiger partial charge in [-0.3, -0.25) is 0 Å². The van der Waals surface area contributed by atoms with E-state index in [-0.39, 0.29) is 6.04 Å². The second-order valence-corrected chi connectivity index (χ2v) is 6.84. The zero-order valence-corrected chi connectivity index (χ0v) is 14.0. The largest absolute Gasteiger partial charge is 0.378 e. The summed E-state index contributed by atoms with van der Waals surface area (Å²) >= 11 is 0. The summed E-state index contributed by atoms with van der Waals surface area (Å²) in [7, 11) is 4.11. The Morgan fingerprint density at radius 2 is 1.92 bits per heavy atom. The molecular weight excluding hydrogens is 294 g/mol. The number of hydrogen-bond acceptors (Lipinski definition) is 3. The van der Waals surface area contributed by atoms with Gasteiger partial charge >= 0.3 is 0 Å². The molecule has 24 heavy (non-hydrogen) atoms. The van der Waals surface area contributed by atoms with Crippen LogP contribution in [0.1, 0.15) is 35.1 Å². The standard InChI is InChI=1S/C21H21N3/c1-24(2)16-11-9-14(10-12-16)20-18-8-4-6-17(18)19-7-3-5-15(13-22)21(19)23-20/h3-7,9-12,17-18,20,23H,8H2,1-2H3. The van der Waals surface area contributed by atoms with Crippen molar-refractivity contribution in [2.24, 2.45) is 5.92 Å². The number of benzene rings is 2. The summed E-state index contributed by atoms with van der Waals surface area (Å²) in [6.45, 7) is 0. The van der Waals surface area contributed by atoms with Crippen molar-refractivity contribution in [3.8, 4) is 6.07 Å². The Morgan fingerprint density at radius 1 is 1.12 bits per heavy atom. The molecule has 0 radical (unpaired) electrons. The van der Waals surface area contributed by atoms with Crippen LogP contribution in [-0.4, -0.2) is 14.1 Å². The molecule has 2 aromatic carbocycles. The monoisotopic (exact) mass is 315 g/mol. The molecule has 3 heteroatoms. The predicted molar refractivity (Wildman–Crippen MR) is 98.3 cm³/mol. The summed E-state index contributed by atoms with van der Waals surface area (Å²) < 4.78 is 0. The number of nitriles is 1. The maximum absolute atomic E-state index is 9.47. The molecule has 120 valence electrons. The average Bonchev–Trinajstić information content (AvgIpc) is 3.10. The third-order valence-electron chi connectivity index (χ3n) is 5.29. The van der Waals surface area contributed by atoms with Gasteiger partial charge in [-0.15, -0.1) is 0 Å². The van der Waals surface area contributed by atoms with Crippen LogP contribution >= 0.6 is 0 Å². The highest BCUT2D eigenvalue weighted by Gasteiger charge is 2.38. The summed E-state index contributed by atoms with van der Waals surface area (Å²) in [5.41, 5.74) is 5.50. The highest BCUT2D eigenvalue weighted by molar-refractivity contribution is 5.68. The van der Waals surface area contributed by atoms with Crippen molar-refractivity contribution in [1.82, 2.24) is 0 Å². The van der Waals surface area contributed by atoms with Crippen LogP contribution in [0.25, 0.3) is 0 Å². The lowest BCUT2D eigenvalue weighted by molar-refractivity contribution is 0.425. The van der Waals surface area contributed by atoms with Crippen LogP contribution < -0.4 is 10.2 Å². The first-order valence-corrected chi connectivity index (χ1v) is 8.42. The second-order valence-electron chi connectivity index (χ2n) is 6.84. The molecule has 2 aliphatic rings. The highest BCUT2D eigenvalue weighted by atomic mass is 15.1. The predicted octanol–water partition coefficient (Wildman–Crippen LogP) is 4.45. The van der Waals surface area contributed by atoms with Gasteiger partial charge in [0.1, 0.15) is 6.07 Å². The molecule has 0 aromatic heterocycles. The van der Waals surface area contributed by atoms with Crippen LogP contribution in [-0.2, 0) is 0 Å². The Bertz CT molecular complexity index is 827. The fraction of sp³-hybridized carbons (Fsp3) is 0.286. The van der Waals surface area contributed by atoms with E-state index >= 15 is 0 Å². The van der Waals surface area contributed by atoms with Crippen molar-refractivity contribution < 1.29 is 0 Å². The van der Waals surface area contributed by atoms with Crippen LogP contribution in [0.15, 0.2) is 54.6 Å². The molecule has 0 bridgehead atoms. The fourth-order valence-corrected chi connectivity index (χ4v) is 4.02. The molecule has 1 N–H and O–H groups in total. The molecule has 3 unspecified atom stereocenters. The van der Waals surface area contributed by atoms with Gasteiger partial charge in [0.2, 0.25) is 0 Å². The van der Waals surface area contributed by atoms with Gasteiger partial charge in [-0.25, -0.2) is 0 Å². The number of anilines is 2. The molecule has 1 aliphatic heterocycles. The first kappa shape index (κ1) is 14.8. The zero-order chi connectivity index (χ0) is 16.7. The number of para-hydroxylation sites is 1. The van der Waals surface area contributed by atoms with Gasteiger partial charge in [0.05, 0.1) is 17.3 Å². The fourth-order valence-electron chi connectivity index (χ4n) is 4.02. The Kier molecular flexibility index (Phi) is 3.54. The molecular formula is C21H21N3. The Balaban J connectivity index is 1.76. The maximum Gasteiger partial charge on any atom is 0.101 e. The molecule has 0 spiro atoms. The molecule has 0 fully saturated rings. The normalized spacial score (nSPS) is 23.8. The number of fused-ring (bicyclic) bond motifs is 3. The van der Waals surface area contributed by atoms with E-state index in [1.165, 1.54) is 16.8 Å². The molecule has 0 amide bonds. The molecule has 4 rings (SSSR count). The van der Waals surface area contributed by atoms with Crippen molar-refractivity contribution in [3.05, 3.63) is 71.3 Å². The van der Waals surface area contributed by atoms with Gasteiger partial charge in [0, 0.05) is 25.7 Å². The summed E-state index contributed by atoms with van der Waals surface area (Å²) in [5, 5.41) is 13.2. The van der Waals surface area contributed by atoms with E-state index in [1.54, 1.807) is 0 Å². The SMILES string of the molecule is CN(C)c1ccc(C2Nc3c(C#N)cccc3C3C=CCC32)cc1. The van der Waals surface area contributed by atoms with Gasteiger partial charge in [-0.2, -0.15) is 5.26 Å². The van der Waals surface area contributed by atoms with Crippen molar-refractivity contribution in [1.29, 1.82) is 5.26 Å². The number of allylic oxidation sites excluding steroid dienone is 2. The van der Waals surface area contributed by atoms with Gasteiger partial charge in [0.25, 0.3) is 0 Å². The van der Waals surface area contributed by atoms with Crippen LogP contribution in [0, 0.1) is 17.2 Å².